The first-order valence-electron chi connectivity index (χ1n) is 11.1. The van der Waals surface area contributed by atoms with Crippen molar-refractivity contribution >= 4 is 22.5 Å². The van der Waals surface area contributed by atoms with Gasteiger partial charge in [0.05, 0.1) is 30.7 Å². The number of hydrogen-bond donors (Lipinski definition) is 0. The van der Waals surface area contributed by atoms with Gasteiger partial charge in [0.2, 0.25) is 0 Å². The maximum Gasteiger partial charge on any atom is 0.261 e. The van der Waals surface area contributed by atoms with Crippen molar-refractivity contribution in [3.05, 3.63) is 93.7 Å². The van der Waals surface area contributed by atoms with Gasteiger partial charge in [0, 0.05) is 10.6 Å². The number of para-hydroxylation sites is 2. The fraction of sp³-hybridized carbons (Fsp3) is 0.259. The summed E-state index contributed by atoms with van der Waals surface area (Å²) in [5.41, 5.74) is 2.59. The lowest BCUT2D eigenvalue weighted by Crippen LogP contribution is -2.26. The first-order chi connectivity index (χ1) is 16.0. The molecular weight excluding hydrogens is 436 g/mol. The number of benzene rings is 3. The van der Waals surface area contributed by atoms with Crippen molar-refractivity contribution in [2.75, 3.05) is 19.8 Å². The van der Waals surface area contributed by atoms with Crippen LogP contribution in [0.1, 0.15) is 25.3 Å². The van der Waals surface area contributed by atoms with E-state index in [1.54, 1.807) is 22.8 Å². The zero-order chi connectivity index (χ0) is 23.2. The molecule has 0 atom stereocenters. The van der Waals surface area contributed by atoms with Crippen LogP contribution in [-0.2, 0) is 11.3 Å². The summed E-state index contributed by atoms with van der Waals surface area (Å²) in [4.78, 5) is 18.0. The number of halogens is 1. The molecular formula is C27H27ClN2O3. The van der Waals surface area contributed by atoms with Gasteiger partial charge in [-0.3, -0.25) is 9.36 Å². The van der Waals surface area contributed by atoms with Gasteiger partial charge in [-0.25, -0.2) is 4.98 Å². The maximum absolute atomic E-state index is 13.2. The van der Waals surface area contributed by atoms with Crippen LogP contribution in [0.15, 0.2) is 77.6 Å². The van der Waals surface area contributed by atoms with Crippen LogP contribution in [0, 0.1) is 0 Å². The minimum Gasteiger partial charge on any atom is -0.491 e. The van der Waals surface area contributed by atoms with Gasteiger partial charge in [-0.1, -0.05) is 55.8 Å². The second kappa shape index (κ2) is 10.6. The quantitative estimate of drug-likeness (QED) is 0.289. The van der Waals surface area contributed by atoms with Crippen LogP contribution in [0.25, 0.3) is 22.3 Å². The molecule has 0 spiro atoms. The average Bonchev–Trinajstić information content (AvgIpc) is 2.83. The summed E-state index contributed by atoms with van der Waals surface area (Å²) >= 11 is 6.05. The Morgan fingerprint density at radius 1 is 0.909 bits per heavy atom. The molecule has 3 aromatic carbocycles. The fourth-order valence-electron chi connectivity index (χ4n) is 3.75. The summed E-state index contributed by atoms with van der Waals surface area (Å²) in [5.74, 6) is 1.87. The Morgan fingerprint density at radius 2 is 1.64 bits per heavy atom. The summed E-state index contributed by atoms with van der Waals surface area (Å²) < 4.78 is 13.4. The molecule has 0 amide bonds. The summed E-state index contributed by atoms with van der Waals surface area (Å²) in [6, 6.07) is 22.8. The van der Waals surface area contributed by atoms with Gasteiger partial charge in [0.1, 0.15) is 18.2 Å². The minimum absolute atomic E-state index is 0.0868. The van der Waals surface area contributed by atoms with Crippen molar-refractivity contribution in [2.24, 2.45) is 0 Å². The summed E-state index contributed by atoms with van der Waals surface area (Å²) in [5, 5.41) is 1.22. The number of ether oxygens (including phenoxy) is 2. The third-order valence-corrected chi connectivity index (χ3v) is 5.70. The lowest BCUT2D eigenvalue weighted by Gasteiger charge is -2.15. The van der Waals surface area contributed by atoms with Gasteiger partial charge >= 0.3 is 0 Å². The summed E-state index contributed by atoms with van der Waals surface area (Å²) in [6.45, 7) is 5.92. The predicted octanol–water partition coefficient (Wildman–Crippen LogP) is 5.94. The highest BCUT2D eigenvalue weighted by atomic mass is 35.5. The molecule has 0 radical (unpaired) electrons. The first kappa shape index (κ1) is 23.0. The molecule has 4 rings (SSSR count). The van der Waals surface area contributed by atoms with Crippen molar-refractivity contribution in [1.29, 1.82) is 0 Å². The highest BCUT2D eigenvalue weighted by Gasteiger charge is 2.13. The molecule has 6 heteroatoms. The monoisotopic (exact) mass is 462 g/mol. The second-order valence-corrected chi connectivity index (χ2v) is 8.51. The van der Waals surface area contributed by atoms with E-state index in [9.17, 15) is 4.79 Å². The molecule has 0 saturated carbocycles. The fourth-order valence-corrected chi connectivity index (χ4v) is 3.88. The highest BCUT2D eigenvalue weighted by Crippen LogP contribution is 2.25. The Kier molecular flexibility index (Phi) is 7.43. The highest BCUT2D eigenvalue weighted by molar-refractivity contribution is 6.30. The number of nitrogens with zero attached hydrogens (tertiary/aromatic N) is 2. The van der Waals surface area contributed by atoms with Crippen molar-refractivity contribution in [3.8, 4) is 17.1 Å². The molecule has 0 aliphatic rings. The van der Waals surface area contributed by atoms with E-state index in [-0.39, 0.29) is 5.56 Å². The minimum atomic E-state index is -0.0868. The standard InChI is InChI=1S/C27H27ClN2O3/c1-19(2)22-7-4-6-10-25(22)33-18-17-32-16-15-30-26(20-11-13-21(28)14-12-20)29-24-9-5-3-8-23(24)27(30)31/h3-14,19H,15-18H2,1-2H3. The normalized spacial score (nSPS) is 11.3. The van der Waals surface area contributed by atoms with Crippen LogP contribution < -0.4 is 10.3 Å². The van der Waals surface area contributed by atoms with Crippen LogP contribution in [-0.4, -0.2) is 29.4 Å². The topological polar surface area (TPSA) is 53.4 Å². The van der Waals surface area contributed by atoms with Crippen LogP contribution in [0.5, 0.6) is 5.75 Å². The smallest absolute Gasteiger partial charge is 0.261 e. The number of rotatable bonds is 9. The molecule has 33 heavy (non-hydrogen) atoms. The SMILES string of the molecule is CC(C)c1ccccc1OCCOCCn1c(-c2ccc(Cl)cc2)nc2ccccc2c1=O. The molecule has 0 saturated heterocycles. The lowest BCUT2D eigenvalue weighted by atomic mass is 10.0. The molecule has 5 nitrogen and oxygen atoms in total. The molecule has 1 heterocycles. The number of aromatic nitrogens is 2. The van der Waals surface area contributed by atoms with E-state index >= 15 is 0 Å². The zero-order valence-corrected chi connectivity index (χ0v) is 19.6. The first-order valence-corrected chi connectivity index (χ1v) is 11.5. The number of hydrogen-bond acceptors (Lipinski definition) is 4. The third-order valence-electron chi connectivity index (χ3n) is 5.45. The van der Waals surface area contributed by atoms with E-state index in [4.69, 9.17) is 26.1 Å². The van der Waals surface area contributed by atoms with Gasteiger partial charge in [0.15, 0.2) is 0 Å². The molecule has 0 aliphatic carbocycles. The predicted molar refractivity (Wildman–Crippen MR) is 133 cm³/mol. The molecule has 0 aliphatic heterocycles. The van der Waals surface area contributed by atoms with Crippen molar-refractivity contribution in [3.63, 3.8) is 0 Å². The van der Waals surface area contributed by atoms with Crippen LogP contribution >= 0.6 is 11.6 Å². The van der Waals surface area contributed by atoms with Crippen molar-refractivity contribution < 1.29 is 9.47 Å². The van der Waals surface area contributed by atoms with Crippen LogP contribution in [0.3, 0.4) is 0 Å². The zero-order valence-electron chi connectivity index (χ0n) is 18.8. The van der Waals surface area contributed by atoms with Gasteiger partial charge in [0.25, 0.3) is 5.56 Å². The van der Waals surface area contributed by atoms with E-state index in [2.05, 4.69) is 19.9 Å². The summed E-state index contributed by atoms with van der Waals surface area (Å²) in [7, 11) is 0. The molecule has 1 aromatic heterocycles. The Balaban J connectivity index is 1.45. The van der Waals surface area contributed by atoms with E-state index in [0.29, 0.717) is 54.0 Å². The molecule has 0 bridgehead atoms. The van der Waals surface area contributed by atoms with Crippen LogP contribution in [0.2, 0.25) is 5.02 Å². The third kappa shape index (κ3) is 5.44. The molecule has 0 N–H and O–H groups in total. The lowest BCUT2D eigenvalue weighted by molar-refractivity contribution is 0.0937. The molecule has 0 unspecified atom stereocenters. The van der Waals surface area contributed by atoms with Crippen LogP contribution in [0.4, 0.5) is 0 Å². The van der Waals surface area contributed by atoms with E-state index in [1.165, 1.54) is 5.56 Å². The number of fused-ring (bicyclic) bond motifs is 1. The maximum atomic E-state index is 13.2. The molecule has 4 aromatic rings. The van der Waals surface area contributed by atoms with Crippen molar-refractivity contribution in [2.45, 2.75) is 26.3 Å². The second-order valence-electron chi connectivity index (χ2n) is 8.07. The van der Waals surface area contributed by atoms with E-state index in [0.717, 1.165) is 11.3 Å². The Hall–Kier alpha value is -3.15. The van der Waals surface area contributed by atoms with Gasteiger partial charge in [-0.05, 0) is 53.9 Å². The summed E-state index contributed by atoms with van der Waals surface area (Å²) in [6.07, 6.45) is 0. The van der Waals surface area contributed by atoms with E-state index in [1.807, 2.05) is 48.5 Å². The largest absolute Gasteiger partial charge is 0.491 e. The van der Waals surface area contributed by atoms with Gasteiger partial charge < -0.3 is 9.47 Å². The molecule has 170 valence electrons. The Bertz CT molecular complexity index is 1280. The molecule has 0 fully saturated rings. The van der Waals surface area contributed by atoms with E-state index < -0.39 is 0 Å². The van der Waals surface area contributed by atoms with Gasteiger partial charge in [-0.15, -0.1) is 0 Å². The Morgan fingerprint density at radius 3 is 2.42 bits per heavy atom. The van der Waals surface area contributed by atoms with Gasteiger partial charge in [-0.2, -0.15) is 0 Å². The average molecular weight is 463 g/mol. The van der Waals surface area contributed by atoms with Crippen molar-refractivity contribution in [1.82, 2.24) is 9.55 Å². The Labute approximate surface area is 198 Å².